The summed E-state index contributed by atoms with van der Waals surface area (Å²) in [4.78, 5) is 26.4. The molecule has 1 aromatic carbocycles. The second-order valence-electron chi connectivity index (χ2n) is 10.2. The van der Waals surface area contributed by atoms with E-state index in [0.29, 0.717) is 35.8 Å². The molecule has 1 aliphatic carbocycles. The van der Waals surface area contributed by atoms with Crippen molar-refractivity contribution in [1.82, 2.24) is 5.32 Å². The number of carbonyl (C=O) groups excluding carboxylic acids is 2. The first-order valence-corrected chi connectivity index (χ1v) is 12.0. The van der Waals surface area contributed by atoms with Crippen LogP contribution in [0.25, 0.3) is 5.57 Å². The van der Waals surface area contributed by atoms with Crippen molar-refractivity contribution in [3.8, 4) is 0 Å². The van der Waals surface area contributed by atoms with E-state index in [-0.39, 0.29) is 18.0 Å². The Hall–Kier alpha value is -1.85. The van der Waals surface area contributed by atoms with E-state index in [1.807, 2.05) is 46.8 Å². The Kier molecular flexibility index (Phi) is 7.41. The lowest BCUT2D eigenvalue weighted by Crippen LogP contribution is -2.51. The molecule has 5 nitrogen and oxygen atoms in total. The summed E-state index contributed by atoms with van der Waals surface area (Å²) in [5.74, 6) is -0.108. The average Bonchev–Trinajstić information content (AvgIpc) is 2.92. The summed E-state index contributed by atoms with van der Waals surface area (Å²) in [6.07, 6.45) is 5.24. The highest BCUT2D eigenvalue weighted by molar-refractivity contribution is 6.31. The maximum atomic E-state index is 13.4. The fraction of sp³-hybridized carbons (Fsp3) is 0.615. The molecule has 0 bridgehead atoms. The molecule has 0 aromatic heterocycles. The van der Waals surface area contributed by atoms with Gasteiger partial charge in [-0.25, -0.2) is 0 Å². The molecular weight excluding hydrogens is 426 g/mol. The van der Waals surface area contributed by atoms with Crippen LogP contribution in [0.2, 0.25) is 5.02 Å². The zero-order valence-corrected chi connectivity index (χ0v) is 20.9. The fourth-order valence-electron chi connectivity index (χ4n) is 4.69. The minimum atomic E-state index is -0.735. The molecule has 0 radical (unpaired) electrons. The summed E-state index contributed by atoms with van der Waals surface area (Å²) in [5, 5.41) is 3.83. The quantitative estimate of drug-likeness (QED) is 0.424. The monoisotopic (exact) mass is 461 g/mol. The van der Waals surface area contributed by atoms with Gasteiger partial charge in [0, 0.05) is 18.1 Å². The number of carbonyl (C=O) groups is 2. The van der Waals surface area contributed by atoms with Crippen LogP contribution >= 0.6 is 11.6 Å². The number of halogens is 1. The van der Waals surface area contributed by atoms with E-state index in [2.05, 4.69) is 12.2 Å². The van der Waals surface area contributed by atoms with Gasteiger partial charge in [0.1, 0.15) is 11.3 Å². The second-order valence-corrected chi connectivity index (χ2v) is 10.7. The number of unbranched alkanes of at least 4 members (excludes halogenated alkanes) is 1. The van der Waals surface area contributed by atoms with Gasteiger partial charge >= 0.3 is 5.97 Å². The Morgan fingerprint density at radius 1 is 1.25 bits per heavy atom. The third kappa shape index (κ3) is 5.04. The number of hydrogen-bond acceptors (Lipinski definition) is 4. The van der Waals surface area contributed by atoms with Gasteiger partial charge in [0.25, 0.3) is 5.91 Å². The van der Waals surface area contributed by atoms with Crippen molar-refractivity contribution in [3.63, 3.8) is 0 Å². The SMILES string of the molecule is CCCCOC1CCCC2(C1)NC(=O)C(c1c(C)cc(Cl)cc1C)=C2OC(=O)C(C)(C)C. The predicted molar refractivity (Wildman–Crippen MR) is 127 cm³/mol. The van der Waals surface area contributed by atoms with Crippen molar-refractivity contribution in [3.05, 3.63) is 39.6 Å². The summed E-state index contributed by atoms with van der Waals surface area (Å²) in [6, 6.07) is 3.69. The first kappa shape index (κ1) is 24.8. The van der Waals surface area contributed by atoms with Gasteiger partial charge in [0.05, 0.1) is 17.1 Å². The van der Waals surface area contributed by atoms with Crippen LogP contribution in [0.1, 0.15) is 82.9 Å². The Labute approximate surface area is 196 Å². The molecule has 1 heterocycles. The molecule has 32 heavy (non-hydrogen) atoms. The van der Waals surface area contributed by atoms with E-state index in [4.69, 9.17) is 21.1 Å². The van der Waals surface area contributed by atoms with E-state index in [1.54, 1.807) is 0 Å². The van der Waals surface area contributed by atoms with Crippen LogP contribution < -0.4 is 5.32 Å². The van der Waals surface area contributed by atoms with Crippen LogP contribution in [0.5, 0.6) is 0 Å². The smallest absolute Gasteiger partial charge is 0.316 e. The van der Waals surface area contributed by atoms with E-state index in [0.717, 1.165) is 42.4 Å². The number of nitrogens with one attached hydrogen (secondary N) is 1. The zero-order chi connectivity index (χ0) is 23.7. The van der Waals surface area contributed by atoms with Gasteiger partial charge in [0.15, 0.2) is 0 Å². The van der Waals surface area contributed by atoms with Crippen molar-refractivity contribution in [2.75, 3.05) is 6.61 Å². The van der Waals surface area contributed by atoms with Crippen LogP contribution in [0.4, 0.5) is 0 Å². The normalized spacial score (nSPS) is 23.6. The lowest BCUT2D eigenvalue weighted by Gasteiger charge is -2.39. The molecule has 176 valence electrons. The zero-order valence-electron chi connectivity index (χ0n) is 20.2. The molecule has 3 rings (SSSR count). The van der Waals surface area contributed by atoms with Crippen molar-refractivity contribution in [2.24, 2.45) is 5.41 Å². The molecule has 1 aliphatic heterocycles. The number of amides is 1. The fourth-order valence-corrected chi connectivity index (χ4v) is 5.01. The number of esters is 1. The Balaban J connectivity index is 2.10. The highest BCUT2D eigenvalue weighted by Gasteiger charge is 2.51. The van der Waals surface area contributed by atoms with Gasteiger partial charge in [-0.1, -0.05) is 24.9 Å². The molecule has 1 N–H and O–H groups in total. The Bertz CT molecular complexity index is 907. The average molecular weight is 462 g/mol. The summed E-state index contributed by atoms with van der Waals surface area (Å²) in [6.45, 7) is 12.2. The van der Waals surface area contributed by atoms with Crippen LogP contribution in [0.3, 0.4) is 0 Å². The van der Waals surface area contributed by atoms with Gasteiger partial charge in [-0.3, -0.25) is 9.59 Å². The van der Waals surface area contributed by atoms with Crippen LogP contribution in [-0.4, -0.2) is 30.1 Å². The van der Waals surface area contributed by atoms with Crippen LogP contribution in [0, 0.1) is 19.3 Å². The minimum Gasteiger partial charge on any atom is -0.427 e. The molecule has 1 spiro atoms. The molecule has 0 saturated heterocycles. The predicted octanol–water partition coefficient (Wildman–Crippen LogP) is 5.89. The summed E-state index contributed by atoms with van der Waals surface area (Å²) in [7, 11) is 0. The Morgan fingerprint density at radius 3 is 2.50 bits per heavy atom. The molecule has 2 unspecified atom stereocenters. The van der Waals surface area contributed by atoms with Gasteiger partial charge in [0.2, 0.25) is 0 Å². The highest BCUT2D eigenvalue weighted by Crippen LogP contribution is 2.46. The van der Waals surface area contributed by atoms with E-state index in [1.165, 1.54) is 0 Å². The van der Waals surface area contributed by atoms with Gasteiger partial charge in [-0.15, -0.1) is 0 Å². The third-order valence-electron chi connectivity index (χ3n) is 6.35. The second kappa shape index (κ2) is 9.56. The molecule has 1 aromatic rings. The van der Waals surface area contributed by atoms with Gasteiger partial charge in [-0.05, 0) is 89.1 Å². The van der Waals surface area contributed by atoms with E-state index in [9.17, 15) is 9.59 Å². The third-order valence-corrected chi connectivity index (χ3v) is 6.57. The summed E-state index contributed by atoms with van der Waals surface area (Å²) < 4.78 is 12.2. The van der Waals surface area contributed by atoms with Gasteiger partial charge in [-0.2, -0.15) is 0 Å². The Morgan fingerprint density at radius 2 is 1.91 bits per heavy atom. The maximum Gasteiger partial charge on any atom is 0.316 e. The highest BCUT2D eigenvalue weighted by atomic mass is 35.5. The number of hydrogen-bond donors (Lipinski definition) is 1. The first-order chi connectivity index (χ1) is 15.0. The van der Waals surface area contributed by atoms with Crippen LogP contribution in [0.15, 0.2) is 17.9 Å². The molecular formula is C26H36ClNO4. The lowest BCUT2D eigenvalue weighted by molar-refractivity contribution is -0.150. The van der Waals surface area contributed by atoms with Crippen LogP contribution in [-0.2, 0) is 19.1 Å². The van der Waals surface area contributed by atoms with Crippen molar-refractivity contribution in [1.29, 1.82) is 0 Å². The minimum absolute atomic E-state index is 0.0192. The summed E-state index contributed by atoms with van der Waals surface area (Å²) >= 11 is 6.25. The molecule has 1 amide bonds. The summed E-state index contributed by atoms with van der Waals surface area (Å²) in [5.41, 5.74) is 1.57. The van der Waals surface area contributed by atoms with Crippen molar-refractivity contribution in [2.45, 2.75) is 91.7 Å². The number of ether oxygens (including phenoxy) is 2. The van der Waals surface area contributed by atoms with Crippen molar-refractivity contribution < 1.29 is 19.1 Å². The molecule has 6 heteroatoms. The maximum absolute atomic E-state index is 13.4. The van der Waals surface area contributed by atoms with E-state index < -0.39 is 11.0 Å². The first-order valence-electron chi connectivity index (χ1n) is 11.7. The standard InChI is InChI=1S/C26H36ClNO4/c1-7-8-12-31-19-10-9-11-26(15-19)22(32-24(30)25(4,5)6)21(23(29)28-26)20-16(2)13-18(27)14-17(20)3/h13-14,19H,7-12,15H2,1-6H3,(H,28,29). The largest absolute Gasteiger partial charge is 0.427 e. The van der Waals surface area contributed by atoms with E-state index >= 15 is 0 Å². The molecule has 1 saturated carbocycles. The topological polar surface area (TPSA) is 64.6 Å². The molecule has 2 atom stereocenters. The molecule has 2 aliphatic rings. The molecule has 1 fully saturated rings. The van der Waals surface area contributed by atoms with Crippen molar-refractivity contribution >= 4 is 29.1 Å². The lowest BCUT2D eigenvalue weighted by atomic mass is 9.78. The van der Waals surface area contributed by atoms with Gasteiger partial charge < -0.3 is 14.8 Å². The number of benzene rings is 1. The number of aryl methyl sites for hydroxylation is 2. The number of rotatable bonds is 6.